The molecule has 3 aromatic rings. The summed E-state index contributed by atoms with van der Waals surface area (Å²) in [5, 5.41) is 4.42. The third-order valence-corrected chi connectivity index (χ3v) is 9.97. The van der Waals surface area contributed by atoms with Crippen LogP contribution in [0.1, 0.15) is 41.4 Å². The highest BCUT2D eigenvalue weighted by atomic mass is 32.2. The van der Waals surface area contributed by atoms with Crippen LogP contribution in [0.3, 0.4) is 0 Å². The molecule has 5 atom stereocenters. The molecule has 2 bridgehead atoms. The fourth-order valence-electron chi connectivity index (χ4n) is 5.94. The summed E-state index contributed by atoms with van der Waals surface area (Å²) in [6.45, 7) is 2.04. The molecule has 0 spiro atoms. The van der Waals surface area contributed by atoms with E-state index in [2.05, 4.69) is 5.32 Å². The summed E-state index contributed by atoms with van der Waals surface area (Å²) in [6, 6.07) is 11.7. The lowest BCUT2D eigenvalue weighted by Gasteiger charge is -2.39. The number of hydrogen-bond acceptors (Lipinski definition) is 5. The Morgan fingerprint density at radius 2 is 2.10 bits per heavy atom. The second-order valence-electron chi connectivity index (χ2n) is 9.03. The van der Waals surface area contributed by atoms with Crippen molar-refractivity contribution in [3.63, 3.8) is 0 Å². The quantitative estimate of drug-likeness (QED) is 0.598. The van der Waals surface area contributed by atoms with Gasteiger partial charge in [0.15, 0.2) is 0 Å². The summed E-state index contributed by atoms with van der Waals surface area (Å²) in [6.07, 6.45) is 5.58. The number of anilines is 1. The summed E-state index contributed by atoms with van der Waals surface area (Å²) in [7, 11) is 0. The molecule has 1 amide bonds. The SMILES string of the molecule is Cc1cccc(NC(=O)Cn2c3c(sc2=O)[C@@H](c2ccco2)C2C4CCC(C4)C2S3)c1. The van der Waals surface area contributed by atoms with Gasteiger partial charge in [0.1, 0.15) is 12.3 Å². The third kappa shape index (κ3) is 3.21. The molecule has 1 aromatic carbocycles. The molecule has 0 saturated heterocycles. The molecule has 2 fully saturated rings. The summed E-state index contributed by atoms with van der Waals surface area (Å²) in [4.78, 5) is 26.9. The standard InChI is InChI=1S/C24H24N2O3S2/c1-13-4-2-5-16(10-13)25-18(27)12-26-23-22(31-24(26)28)20(17-6-3-9-29-17)19-14-7-8-15(11-14)21(19)30-23/h2-6,9-10,14-15,19-21H,7-8,11-12H2,1H3,(H,25,27)/t14?,15?,19?,20-,21?/m0/s1. The van der Waals surface area contributed by atoms with E-state index in [1.54, 1.807) is 10.8 Å². The second-order valence-corrected chi connectivity index (χ2v) is 11.2. The van der Waals surface area contributed by atoms with Crippen molar-refractivity contribution < 1.29 is 9.21 Å². The monoisotopic (exact) mass is 452 g/mol. The van der Waals surface area contributed by atoms with Gasteiger partial charge in [-0.05, 0) is 73.8 Å². The zero-order valence-corrected chi connectivity index (χ0v) is 18.9. The van der Waals surface area contributed by atoms with Crippen molar-refractivity contribution >= 4 is 34.7 Å². The smallest absolute Gasteiger partial charge is 0.308 e. The van der Waals surface area contributed by atoms with Gasteiger partial charge in [-0.2, -0.15) is 0 Å². The summed E-state index contributed by atoms with van der Waals surface area (Å²) < 4.78 is 7.56. The Morgan fingerprint density at radius 3 is 2.90 bits per heavy atom. The van der Waals surface area contributed by atoms with Gasteiger partial charge < -0.3 is 9.73 Å². The molecule has 1 N–H and O–H groups in total. The lowest BCUT2D eigenvalue weighted by molar-refractivity contribution is -0.116. The maximum atomic E-state index is 13.0. The Bertz CT molecular complexity index is 1200. The number of benzene rings is 1. The van der Waals surface area contributed by atoms with E-state index in [-0.39, 0.29) is 23.2 Å². The zero-order valence-electron chi connectivity index (χ0n) is 17.2. The molecular formula is C24H24N2O3S2. The number of aromatic nitrogens is 1. The van der Waals surface area contributed by atoms with Crippen LogP contribution in [0.2, 0.25) is 0 Å². The lowest BCUT2D eigenvalue weighted by Crippen LogP contribution is -2.34. The normalized spacial score (nSPS) is 28.4. The highest BCUT2D eigenvalue weighted by Gasteiger charge is 2.55. The number of carbonyl (C=O) groups is 1. The van der Waals surface area contributed by atoms with Crippen LogP contribution < -0.4 is 10.2 Å². The Morgan fingerprint density at radius 1 is 1.23 bits per heavy atom. The topological polar surface area (TPSA) is 64.2 Å². The lowest BCUT2D eigenvalue weighted by atomic mass is 9.77. The number of hydrogen-bond donors (Lipinski definition) is 1. The number of carbonyl (C=O) groups excluding carboxylic acids is 1. The van der Waals surface area contributed by atoms with Crippen LogP contribution in [0, 0.1) is 24.7 Å². The van der Waals surface area contributed by atoms with Crippen LogP contribution in [0.15, 0.2) is 56.9 Å². The molecule has 2 aromatic heterocycles. The van der Waals surface area contributed by atoms with Gasteiger partial charge in [-0.25, -0.2) is 0 Å². The van der Waals surface area contributed by atoms with Crippen molar-refractivity contribution in [3.8, 4) is 0 Å². The Balaban J connectivity index is 1.35. The first kappa shape index (κ1) is 19.4. The van der Waals surface area contributed by atoms with Gasteiger partial charge in [0.2, 0.25) is 5.91 Å². The number of nitrogens with one attached hydrogen (secondary N) is 1. The first-order chi connectivity index (χ1) is 15.1. The van der Waals surface area contributed by atoms with E-state index in [4.69, 9.17) is 4.42 Å². The predicted octanol–water partition coefficient (Wildman–Crippen LogP) is 5.10. The summed E-state index contributed by atoms with van der Waals surface area (Å²) >= 11 is 3.14. The van der Waals surface area contributed by atoms with Crippen molar-refractivity contribution in [3.05, 3.63) is 68.5 Å². The van der Waals surface area contributed by atoms with E-state index < -0.39 is 0 Å². The van der Waals surface area contributed by atoms with Gasteiger partial charge in [0.05, 0.1) is 22.1 Å². The van der Waals surface area contributed by atoms with Gasteiger partial charge in [-0.3, -0.25) is 14.2 Å². The molecule has 31 heavy (non-hydrogen) atoms. The fourth-order valence-corrected chi connectivity index (χ4v) is 9.07. The van der Waals surface area contributed by atoms with Crippen LogP contribution in [0.25, 0.3) is 0 Å². The van der Waals surface area contributed by atoms with E-state index in [9.17, 15) is 9.59 Å². The molecule has 2 saturated carbocycles. The molecule has 0 radical (unpaired) electrons. The number of aryl methyl sites for hydroxylation is 1. The van der Waals surface area contributed by atoms with E-state index in [1.807, 2.05) is 55.1 Å². The average molecular weight is 453 g/mol. The van der Waals surface area contributed by atoms with Gasteiger partial charge in [-0.15, -0.1) is 11.8 Å². The minimum atomic E-state index is -0.168. The number of fused-ring (bicyclic) bond motifs is 6. The minimum absolute atomic E-state index is 0.0436. The van der Waals surface area contributed by atoms with Crippen molar-refractivity contribution in [2.75, 3.05) is 5.32 Å². The van der Waals surface area contributed by atoms with Crippen LogP contribution >= 0.6 is 23.1 Å². The maximum Gasteiger partial charge on any atom is 0.308 e. The van der Waals surface area contributed by atoms with Crippen LogP contribution in [-0.4, -0.2) is 15.7 Å². The van der Waals surface area contributed by atoms with Crippen molar-refractivity contribution in [1.82, 2.24) is 4.57 Å². The molecule has 3 heterocycles. The molecule has 3 aliphatic rings. The number of furan rings is 1. The van der Waals surface area contributed by atoms with Crippen LogP contribution in [0.4, 0.5) is 5.69 Å². The largest absolute Gasteiger partial charge is 0.469 e. The molecule has 160 valence electrons. The second kappa shape index (κ2) is 7.41. The van der Waals surface area contributed by atoms with Gasteiger partial charge in [0, 0.05) is 10.9 Å². The molecule has 5 nitrogen and oxygen atoms in total. The van der Waals surface area contributed by atoms with Crippen molar-refractivity contribution in [2.45, 2.75) is 48.9 Å². The molecule has 6 rings (SSSR count). The van der Waals surface area contributed by atoms with E-state index in [1.165, 1.54) is 30.6 Å². The van der Waals surface area contributed by atoms with Crippen molar-refractivity contribution in [2.24, 2.45) is 17.8 Å². The number of nitrogens with zero attached hydrogens (tertiary/aromatic N) is 1. The number of thioether (sulfide) groups is 1. The molecule has 4 unspecified atom stereocenters. The molecule has 1 aliphatic heterocycles. The van der Waals surface area contributed by atoms with E-state index >= 15 is 0 Å². The van der Waals surface area contributed by atoms with Gasteiger partial charge >= 0.3 is 4.87 Å². The fraction of sp³-hybridized carbons (Fsp3) is 0.417. The first-order valence-electron chi connectivity index (χ1n) is 10.9. The highest BCUT2D eigenvalue weighted by molar-refractivity contribution is 8.00. The zero-order chi connectivity index (χ0) is 21.1. The third-order valence-electron chi connectivity index (χ3n) is 7.14. The predicted molar refractivity (Wildman–Crippen MR) is 123 cm³/mol. The maximum absolute atomic E-state index is 13.0. The molecule has 2 aliphatic carbocycles. The summed E-state index contributed by atoms with van der Waals surface area (Å²) in [5.74, 6) is 2.86. The van der Waals surface area contributed by atoms with E-state index in [0.29, 0.717) is 23.0 Å². The Kier molecular flexibility index (Phi) is 4.65. The van der Waals surface area contributed by atoms with Gasteiger partial charge in [0.25, 0.3) is 0 Å². The molecule has 7 heteroatoms. The Hall–Kier alpha value is -2.25. The Labute approximate surface area is 188 Å². The highest BCUT2D eigenvalue weighted by Crippen LogP contribution is 2.64. The summed E-state index contributed by atoms with van der Waals surface area (Å²) in [5.41, 5.74) is 1.85. The number of rotatable bonds is 4. The van der Waals surface area contributed by atoms with E-state index in [0.717, 1.165) is 26.9 Å². The average Bonchev–Trinajstić information content (AvgIpc) is 3.52. The van der Waals surface area contributed by atoms with Crippen LogP contribution in [0.5, 0.6) is 0 Å². The number of amides is 1. The van der Waals surface area contributed by atoms with Gasteiger partial charge in [-0.1, -0.05) is 23.5 Å². The van der Waals surface area contributed by atoms with Crippen molar-refractivity contribution in [1.29, 1.82) is 0 Å². The van der Waals surface area contributed by atoms with Crippen LogP contribution in [-0.2, 0) is 11.3 Å². The number of thiazole rings is 1. The molecular weight excluding hydrogens is 428 g/mol. The minimum Gasteiger partial charge on any atom is -0.469 e. The first-order valence-corrected chi connectivity index (χ1v) is 12.6.